The van der Waals surface area contributed by atoms with Gasteiger partial charge in [0, 0.05) is 19.3 Å². The first-order valence-corrected chi connectivity index (χ1v) is 6.35. The molecule has 0 spiro atoms. The van der Waals surface area contributed by atoms with E-state index in [9.17, 15) is 14.7 Å². The highest BCUT2D eigenvalue weighted by Gasteiger charge is 2.12. The van der Waals surface area contributed by atoms with Crippen LogP contribution in [0.1, 0.15) is 29.3 Å². The largest absolute Gasteiger partial charge is 0.478 e. The van der Waals surface area contributed by atoms with E-state index in [1.165, 1.54) is 11.0 Å². The third kappa shape index (κ3) is 4.55. The Morgan fingerprint density at radius 3 is 2.55 bits per heavy atom. The standard InChI is InChI=1S/C14H20N2O4/c1-9-8-11(4-5-12(9)13(18)19)15-14(20)16(3)7-6-10(2)17/h4-5,8,10,17H,6-7H2,1-3H3,(H,15,20)(H,18,19). The summed E-state index contributed by atoms with van der Waals surface area (Å²) in [5.41, 5.74) is 1.34. The summed E-state index contributed by atoms with van der Waals surface area (Å²) < 4.78 is 0. The Bertz CT molecular complexity index is 500. The van der Waals surface area contributed by atoms with Gasteiger partial charge in [0.1, 0.15) is 0 Å². The zero-order chi connectivity index (χ0) is 15.3. The van der Waals surface area contributed by atoms with E-state index >= 15 is 0 Å². The fourth-order valence-electron chi connectivity index (χ4n) is 1.68. The monoisotopic (exact) mass is 280 g/mol. The van der Waals surface area contributed by atoms with Gasteiger partial charge in [0.25, 0.3) is 0 Å². The van der Waals surface area contributed by atoms with Crippen molar-refractivity contribution in [1.29, 1.82) is 0 Å². The van der Waals surface area contributed by atoms with Gasteiger partial charge in [-0.1, -0.05) is 0 Å². The molecular formula is C14H20N2O4. The number of urea groups is 1. The summed E-state index contributed by atoms with van der Waals surface area (Å²) in [5.74, 6) is -0.991. The molecule has 1 aromatic carbocycles. The second-order valence-electron chi connectivity index (χ2n) is 4.82. The Kier molecular flexibility index (Phi) is 5.52. The maximum atomic E-state index is 11.9. The number of aryl methyl sites for hydroxylation is 1. The van der Waals surface area contributed by atoms with Crippen LogP contribution in [-0.2, 0) is 0 Å². The van der Waals surface area contributed by atoms with Gasteiger partial charge in [0.2, 0.25) is 0 Å². The number of carbonyl (C=O) groups is 2. The zero-order valence-electron chi connectivity index (χ0n) is 11.9. The number of benzene rings is 1. The topological polar surface area (TPSA) is 89.9 Å². The molecule has 110 valence electrons. The van der Waals surface area contributed by atoms with E-state index in [0.717, 1.165) is 0 Å². The van der Waals surface area contributed by atoms with Crippen LogP contribution in [0.4, 0.5) is 10.5 Å². The number of hydrogen-bond acceptors (Lipinski definition) is 3. The van der Waals surface area contributed by atoms with Crippen molar-refractivity contribution < 1.29 is 19.8 Å². The minimum absolute atomic E-state index is 0.213. The molecule has 0 saturated heterocycles. The molecule has 0 aromatic heterocycles. The van der Waals surface area contributed by atoms with Crippen LogP contribution in [0, 0.1) is 6.92 Å². The third-order valence-electron chi connectivity index (χ3n) is 2.94. The van der Waals surface area contributed by atoms with E-state index in [0.29, 0.717) is 24.2 Å². The van der Waals surface area contributed by atoms with Crippen molar-refractivity contribution in [2.45, 2.75) is 26.4 Å². The van der Waals surface area contributed by atoms with E-state index in [2.05, 4.69) is 5.32 Å². The number of aromatic carboxylic acids is 1. The summed E-state index contributed by atoms with van der Waals surface area (Å²) in [4.78, 5) is 24.2. The van der Waals surface area contributed by atoms with E-state index < -0.39 is 12.1 Å². The van der Waals surface area contributed by atoms with E-state index in [4.69, 9.17) is 5.11 Å². The number of rotatable bonds is 5. The van der Waals surface area contributed by atoms with Crippen molar-refractivity contribution in [3.05, 3.63) is 29.3 Å². The number of carboxylic acids is 1. The van der Waals surface area contributed by atoms with E-state index in [-0.39, 0.29) is 11.6 Å². The summed E-state index contributed by atoms with van der Waals surface area (Å²) in [6.45, 7) is 3.78. The fraction of sp³-hybridized carbons (Fsp3) is 0.429. The Hall–Kier alpha value is -2.08. The van der Waals surface area contributed by atoms with Crippen molar-refractivity contribution in [3.63, 3.8) is 0 Å². The molecule has 6 nitrogen and oxygen atoms in total. The molecule has 0 radical (unpaired) electrons. The first-order valence-electron chi connectivity index (χ1n) is 6.35. The van der Waals surface area contributed by atoms with Crippen LogP contribution in [-0.4, -0.2) is 46.8 Å². The highest BCUT2D eigenvalue weighted by atomic mass is 16.4. The van der Waals surface area contributed by atoms with Crippen LogP contribution in [0.25, 0.3) is 0 Å². The van der Waals surface area contributed by atoms with Gasteiger partial charge in [-0.2, -0.15) is 0 Å². The highest BCUT2D eigenvalue weighted by Crippen LogP contribution is 2.15. The van der Waals surface area contributed by atoms with Crippen molar-refractivity contribution in [2.75, 3.05) is 18.9 Å². The lowest BCUT2D eigenvalue weighted by Crippen LogP contribution is -2.33. The van der Waals surface area contributed by atoms with Gasteiger partial charge in [-0.05, 0) is 44.0 Å². The van der Waals surface area contributed by atoms with Gasteiger partial charge in [-0.3, -0.25) is 0 Å². The average Bonchev–Trinajstić information content (AvgIpc) is 2.35. The number of carboxylic acid groups (broad SMARTS) is 1. The van der Waals surface area contributed by atoms with Crippen molar-refractivity contribution >= 4 is 17.7 Å². The molecular weight excluding hydrogens is 260 g/mol. The third-order valence-corrected chi connectivity index (χ3v) is 2.94. The van der Waals surface area contributed by atoms with Crippen LogP contribution in [0.15, 0.2) is 18.2 Å². The number of nitrogens with zero attached hydrogens (tertiary/aromatic N) is 1. The van der Waals surface area contributed by atoms with Gasteiger partial charge in [0.05, 0.1) is 11.7 Å². The SMILES string of the molecule is Cc1cc(NC(=O)N(C)CCC(C)O)ccc1C(=O)O. The van der Waals surface area contributed by atoms with E-state index in [1.54, 1.807) is 33.0 Å². The summed E-state index contributed by atoms with van der Waals surface area (Å²) in [7, 11) is 1.64. The number of amides is 2. The maximum Gasteiger partial charge on any atom is 0.335 e. The maximum absolute atomic E-state index is 11.9. The summed E-state index contributed by atoms with van der Waals surface area (Å²) in [5, 5.41) is 20.8. The van der Waals surface area contributed by atoms with Gasteiger partial charge >= 0.3 is 12.0 Å². The zero-order valence-corrected chi connectivity index (χ0v) is 11.9. The van der Waals surface area contributed by atoms with Crippen LogP contribution in [0.2, 0.25) is 0 Å². The first kappa shape index (κ1) is 16.0. The average molecular weight is 280 g/mol. The molecule has 0 saturated carbocycles. The number of aliphatic hydroxyl groups excluding tert-OH is 1. The minimum atomic E-state index is -0.991. The van der Waals surface area contributed by atoms with Crippen LogP contribution in [0.3, 0.4) is 0 Å². The van der Waals surface area contributed by atoms with Gasteiger partial charge in [-0.25, -0.2) is 9.59 Å². The Labute approximate surface area is 118 Å². The number of nitrogens with one attached hydrogen (secondary N) is 1. The van der Waals surface area contributed by atoms with Crippen LogP contribution < -0.4 is 5.32 Å². The molecule has 0 bridgehead atoms. The molecule has 3 N–H and O–H groups in total. The smallest absolute Gasteiger partial charge is 0.335 e. The van der Waals surface area contributed by atoms with Crippen molar-refractivity contribution in [3.8, 4) is 0 Å². The number of carbonyl (C=O) groups excluding carboxylic acids is 1. The normalized spacial score (nSPS) is 11.8. The second-order valence-corrected chi connectivity index (χ2v) is 4.82. The molecule has 0 fully saturated rings. The number of hydrogen-bond donors (Lipinski definition) is 3. The molecule has 0 heterocycles. The van der Waals surface area contributed by atoms with Gasteiger partial charge in [-0.15, -0.1) is 0 Å². The van der Waals surface area contributed by atoms with E-state index in [1.807, 2.05) is 0 Å². The molecule has 20 heavy (non-hydrogen) atoms. The number of aliphatic hydroxyl groups is 1. The van der Waals surface area contributed by atoms with Gasteiger partial charge in [0.15, 0.2) is 0 Å². The van der Waals surface area contributed by atoms with Crippen LogP contribution in [0.5, 0.6) is 0 Å². The molecule has 1 unspecified atom stereocenters. The molecule has 0 aliphatic rings. The Morgan fingerprint density at radius 2 is 2.05 bits per heavy atom. The second kappa shape index (κ2) is 6.91. The molecule has 2 amide bonds. The predicted molar refractivity (Wildman–Crippen MR) is 76.1 cm³/mol. The summed E-state index contributed by atoms with van der Waals surface area (Å²) >= 11 is 0. The summed E-state index contributed by atoms with van der Waals surface area (Å²) in [6, 6.07) is 4.33. The molecule has 1 aromatic rings. The first-order chi connectivity index (χ1) is 9.31. The molecule has 0 aliphatic heterocycles. The molecule has 1 atom stereocenters. The van der Waals surface area contributed by atoms with Crippen LogP contribution >= 0.6 is 0 Å². The summed E-state index contributed by atoms with van der Waals surface area (Å²) in [6.07, 6.45) is 0.0447. The lowest BCUT2D eigenvalue weighted by Gasteiger charge is -2.19. The molecule has 1 rings (SSSR count). The quantitative estimate of drug-likeness (QED) is 0.768. The highest BCUT2D eigenvalue weighted by molar-refractivity contribution is 5.92. The number of anilines is 1. The lowest BCUT2D eigenvalue weighted by atomic mass is 10.1. The molecule has 0 aliphatic carbocycles. The molecule has 6 heteroatoms. The fourth-order valence-corrected chi connectivity index (χ4v) is 1.68. The Morgan fingerprint density at radius 1 is 1.40 bits per heavy atom. The predicted octanol–water partition coefficient (Wildman–Crippen LogP) is 1.93. The van der Waals surface area contributed by atoms with Gasteiger partial charge < -0.3 is 20.4 Å². The van der Waals surface area contributed by atoms with Crippen molar-refractivity contribution in [1.82, 2.24) is 4.90 Å². The minimum Gasteiger partial charge on any atom is -0.478 e. The Balaban J connectivity index is 2.66. The lowest BCUT2D eigenvalue weighted by molar-refractivity contribution is 0.0696. The van der Waals surface area contributed by atoms with Crippen molar-refractivity contribution in [2.24, 2.45) is 0 Å².